The van der Waals surface area contributed by atoms with Gasteiger partial charge in [0, 0.05) is 19.6 Å². The summed E-state index contributed by atoms with van der Waals surface area (Å²) in [7, 11) is -2.34. The molecule has 31 heavy (non-hydrogen) atoms. The Labute approximate surface area is 185 Å². The molecule has 1 saturated heterocycles. The summed E-state index contributed by atoms with van der Waals surface area (Å²) in [5.74, 6) is -1.69. The predicted molar refractivity (Wildman–Crippen MR) is 121 cm³/mol. The quantitative estimate of drug-likeness (QED) is 0.583. The summed E-state index contributed by atoms with van der Waals surface area (Å²) in [6.07, 6.45) is 3.57. The maximum Gasteiger partial charge on any atom is 0.263 e. The molecule has 0 bridgehead atoms. The number of aromatic nitrogens is 1. The molecule has 8 nitrogen and oxygen atoms in total. The highest BCUT2D eigenvalue weighted by molar-refractivity contribution is 7.92. The van der Waals surface area contributed by atoms with Crippen LogP contribution in [0.1, 0.15) is 19.8 Å². The number of benzene rings is 1. The lowest BCUT2D eigenvalue weighted by molar-refractivity contribution is -0.130. The minimum Gasteiger partial charge on any atom is -0.497 e. The van der Waals surface area contributed by atoms with E-state index in [0.29, 0.717) is 36.1 Å². The van der Waals surface area contributed by atoms with E-state index >= 15 is 0 Å². The van der Waals surface area contributed by atoms with Crippen molar-refractivity contribution in [1.82, 2.24) is 9.47 Å². The summed E-state index contributed by atoms with van der Waals surface area (Å²) in [5, 5.41) is 0. The van der Waals surface area contributed by atoms with Gasteiger partial charge in [-0.2, -0.15) is 4.99 Å². The summed E-state index contributed by atoms with van der Waals surface area (Å²) in [6, 6.07) is 5.49. The summed E-state index contributed by atoms with van der Waals surface area (Å²) in [5.41, 5.74) is 0.842. The SMILES string of the molecule is C=CCn1c(=NC(=O)CS(=O)(=O)CC(=O)N2CCCC(C)C2)sc2cc(OC)ccc21. The lowest BCUT2D eigenvalue weighted by Crippen LogP contribution is -2.42. The Morgan fingerprint density at radius 1 is 1.35 bits per heavy atom. The summed E-state index contributed by atoms with van der Waals surface area (Å²) >= 11 is 1.26. The first kappa shape index (κ1) is 23.2. The third kappa shape index (κ3) is 5.82. The Kier molecular flexibility index (Phi) is 7.32. The van der Waals surface area contributed by atoms with Gasteiger partial charge in [-0.25, -0.2) is 8.42 Å². The first-order valence-corrected chi connectivity index (χ1v) is 12.7. The topological polar surface area (TPSA) is 98.0 Å². The van der Waals surface area contributed by atoms with Crippen molar-refractivity contribution in [2.75, 3.05) is 31.7 Å². The van der Waals surface area contributed by atoms with Gasteiger partial charge in [0.15, 0.2) is 14.6 Å². The van der Waals surface area contributed by atoms with Gasteiger partial charge in [-0.1, -0.05) is 24.3 Å². The first-order valence-electron chi connectivity index (χ1n) is 10.1. The molecule has 1 unspecified atom stereocenters. The Morgan fingerprint density at radius 2 is 2.13 bits per heavy atom. The van der Waals surface area contributed by atoms with Gasteiger partial charge in [0.25, 0.3) is 5.91 Å². The molecule has 0 aliphatic carbocycles. The monoisotopic (exact) mass is 465 g/mol. The van der Waals surface area contributed by atoms with Crippen LogP contribution in [-0.2, 0) is 26.0 Å². The van der Waals surface area contributed by atoms with Crippen molar-refractivity contribution in [3.8, 4) is 5.75 Å². The molecule has 1 atom stereocenters. The number of amides is 2. The zero-order chi connectivity index (χ0) is 22.6. The number of carbonyl (C=O) groups is 2. The number of fused-ring (bicyclic) bond motifs is 1. The Hall–Kier alpha value is -2.46. The van der Waals surface area contributed by atoms with Crippen molar-refractivity contribution in [2.45, 2.75) is 26.3 Å². The molecule has 1 aromatic heterocycles. The standard InChI is InChI=1S/C21H27N3O5S2/c1-4-9-24-17-8-7-16(29-3)11-18(17)30-21(24)22-19(25)13-31(27,28)14-20(26)23-10-5-6-15(2)12-23/h4,7-8,11,15H,1,5-6,9-10,12-14H2,2-3H3. The molecule has 10 heteroatoms. The lowest BCUT2D eigenvalue weighted by atomic mass is 10.0. The Bertz CT molecular complexity index is 1160. The van der Waals surface area contributed by atoms with E-state index in [-0.39, 0.29) is 0 Å². The summed E-state index contributed by atoms with van der Waals surface area (Å²) in [4.78, 5) is 30.8. The second-order valence-electron chi connectivity index (χ2n) is 7.74. The fourth-order valence-electron chi connectivity index (χ4n) is 3.64. The highest BCUT2D eigenvalue weighted by Crippen LogP contribution is 2.23. The van der Waals surface area contributed by atoms with Crippen molar-refractivity contribution in [3.63, 3.8) is 0 Å². The van der Waals surface area contributed by atoms with Gasteiger partial charge in [-0.15, -0.1) is 6.58 Å². The van der Waals surface area contributed by atoms with E-state index in [9.17, 15) is 18.0 Å². The molecule has 2 amide bonds. The number of nitrogens with zero attached hydrogens (tertiary/aromatic N) is 3. The van der Waals surface area contributed by atoms with Gasteiger partial charge in [-0.3, -0.25) is 9.59 Å². The third-order valence-corrected chi connectivity index (χ3v) is 7.53. The normalized spacial score (nSPS) is 17.7. The van der Waals surface area contributed by atoms with Gasteiger partial charge >= 0.3 is 0 Å². The molecule has 1 aliphatic rings. The van der Waals surface area contributed by atoms with Crippen LogP contribution in [0, 0.1) is 5.92 Å². The van der Waals surface area contributed by atoms with E-state index in [1.807, 2.05) is 19.1 Å². The van der Waals surface area contributed by atoms with Crippen molar-refractivity contribution >= 4 is 43.2 Å². The molecule has 0 spiro atoms. The van der Waals surface area contributed by atoms with Crippen LogP contribution < -0.4 is 9.54 Å². The van der Waals surface area contributed by atoms with Crippen molar-refractivity contribution < 1.29 is 22.7 Å². The minimum atomic E-state index is -3.91. The minimum absolute atomic E-state index is 0.351. The summed E-state index contributed by atoms with van der Waals surface area (Å²) < 4.78 is 32.8. The Balaban J connectivity index is 1.79. The van der Waals surface area contributed by atoms with Crippen molar-refractivity contribution in [3.05, 3.63) is 35.7 Å². The molecule has 3 rings (SSSR count). The number of sulfone groups is 1. The zero-order valence-corrected chi connectivity index (χ0v) is 19.4. The molecule has 2 heterocycles. The fraction of sp³-hybridized carbons (Fsp3) is 0.476. The van der Waals surface area contributed by atoms with Gasteiger partial charge in [0.1, 0.15) is 17.3 Å². The van der Waals surface area contributed by atoms with Crippen molar-refractivity contribution in [2.24, 2.45) is 10.9 Å². The third-order valence-electron chi connectivity index (χ3n) is 5.12. The maximum absolute atomic E-state index is 12.5. The number of hydrogen-bond donors (Lipinski definition) is 0. The van der Waals surface area contributed by atoms with E-state index in [1.165, 1.54) is 11.3 Å². The molecular formula is C21H27N3O5S2. The number of likely N-dealkylation sites (tertiary alicyclic amines) is 1. The number of methoxy groups -OCH3 is 1. The highest BCUT2D eigenvalue weighted by Gasteiger charge is 2.27. The maximum atomic E-state index is 12.5. The molecule has 1 aromatic carbocycles. The Morgan fingerprint density at radius 3 is 2.81 bits per heavy atom. The van der Waals surface area contributed by atoms with Crippen LogP contribution in [0.2, 0.25) is 0 Å². The van der Waals surface area contributed by atoms with Crippen LogP contribution in [-0.4, -0.2) is 61.4 Å². The number of ether oxygens (including phenoxy) is 1. The zero-order valence-electron chi connectivity index (χ0n) is 17.7. The van der Waals surface area contributed by atoms with Crippen LogP contribution >= 0.6 is 11.3 Å². The fourth-order valence-corrected chi connectivity index (χ4v) is 5.83. The van der Waals surface area contributed by atoms with Crippen LogP contribution in [0.25, 0.3) is 10.2 Å². The van der Waals surface area contributed by atoms with Gasteiger partial charge in [-0.05, 0) is 37.0 Å². The van der Waals surface area contributed by atoms with Crippen molar-refractivity contribution in [1.29, 1.82) is 0 Å². The molecule has 0 saturated carbocycles. The van der Waals surface area contributed by atoms with E-state index in [4.69, 9.17) is 4.74 Å². The molecule has 1 aliphatic heterocycles. The number of hydrogen-bond acceptors (Lipinski definition) is 6. The van der Waals surface area contributed by atoms with Gasteiger partial charge < -0.3 is 14.2 Å². The number of allylic oxidation sites excluding steroid dienone is 1. The number of rotatable bonds is 7. The van der Waals surface area contributed by atoms with Crippen LogP contribution in [0.4, 0.5) is 0 Å². The second-order valence-corrected chi connectivity index (χ2v) is 10.8. The molecule has 0 radical (unpaired) electrons. The van der Waals surface area contributed by atoms with E-state index < -0.39 is 33.2 Å². The molecule has 168 valence electrons. The van der Waals surface area contributed by atoms with E-state index in [2.05, 4.69) is 11.6 Å². The predicted octanol–water partition coefficient (Wildman–Crippen LogP) is 2.00. The largest absolute Gasteiger partial charge is 0.497 e. The molecule has 1 fully saturated rings. The van der Waals surface area contributed by atoms with E-state index in [0.717, 1.165) is 23.1 Å². The first-order chi connectivity index (χ1) is 14.7. The second kappa shape index (κ2) is 9.78. The average molecular weight is 466 g/mol. The van der Waals surface area contributed by atoms with Crippen LogP contribution in [0.15, 0.2) is 35.8 Å². The summed E-state index contributed by atoms with van der Waals surface area (Å²) in [6.45, 7) is 7.30. The number of thiazole rings is 1. The number of carbonyl (C=O) groups excluding carboxylic acids is 2. The molecular weight excluding hydrogens is 438 g/mol. The number of piperidine rings is 1. The lowest BCUT2D eigenvalue weighted by Gasteiger charge is -2.30. The molecule has 2 aromatic rings. The van der Waals surface area contributed by atoms with Gasteiger partial charge in [0.2, 0.25) is 5.91 Å². The highest BCUT2D eigenvalue weighted by atomic mass is 32.2. The molecule has 0 N–H and O–H groups in total. The van der Waals surface area contributed by atoms with Crippen LogP contribution in [0.5, 0.6) is 5.75 Å². The smallest absolute Gasteiger partial charge is 0.263 e. The average Bonchev–Trinajstić information content (AvgIpc) is 3.03. The van der Waals surface area contributed by atoms with E-state index in [1.54, 1.807) is 28.7 Å². The van der Waals surface area contributed by atoms with Crippen LogP contribution in [0.3, 0.4) is 0 Å². The van der Waals surface area contributed by atoms with Gasteiger partial charge in [0.05, 0.1) is 17.3 Å².